The third-order valence-corrected chi connectivity index (χ3v) is 5.59. The van der Waals surface area contributed by atoms with Crippen LogP contribution in [0.5, 0.6) is 0 Å². The number of aryl methyl sites for hydroxylation is 1. The number of rotatable bonds is 5. The standard InChI is InChI=1S/C16H26N2O2S/c1-13-7-4-5-9-16(13)14(2)17-11-15-8-6-10-18(12-15)21(3,19)20/h4-5,7,9,14-15,17H,6,8,10-12H2,1-3H3. The van der Waals surface area contributed by atoms with Gasteiger partial charge in [-0.25, -0.2) is 12.7 Å². The van der Waals surface area contributed by atoms with Crippen molar-refractivity contribution in [2.75, 3.05) is 25.9 Å². The maximum absolute atomic E-state index is 11.6. The first-order valence-electron chi connectivity index (χ1n) is 7.62. The van der Waals surface area contributed by atoms with Crippen LogP contribution in [0.4, 0.5) is 0 Å². The molecule has 1 aromatic carbocycles. The lowest BCUT2D eigenvalue weighted by Crippen LogP contribution is -2.42. The fourth-order valence-electron chi connectivity index (χ4n) is 3.02. The summed E-state index contributed by atoms with van der Waals surface area (Å²) >= 11 is 0. The molecule has 2 rings (SSSR count). The number of piperidine rings is 1. The second-order valence-electron chi connectivity index (χ2n) is 6.12. The summed E-state index contributed by atoms with van der Waals surface area (Å²) in [5.41, 5.74) is 2.60. The summed E-state index contributed by atoms with van der Waals surface area (Å²) in [6, 6.07) is 8.68. The molecule has 2 atom stereocenters. The van der Waals surface area contributed by atoms with Crippen molar-refractivity contribution in [3.8, 4) is 0 Å². The lowest BCUT2D eigenvalue weighted by Gasteiger charge is -2.32. The Labute approximate surface area is 128 Å². The molecule has 1 aliphatic rings. The van der Waals surface area contributed by atoms with Crippen LogP contribution in [-0.4, -0.2) is 38.6 Å². The van der Waals surface area contributed by atoms with Gasteiger partial charge in [0.2, 0.25) is 10.0 Å². The van der Waals surface area contributed by atoms with Gasteiger partial charge < -0.3 is 5.32 Å². The van der Waals surface area contributed by atoms with Crippen molar-refractivity contribution in [3.63, 3.8) is 0 Å². The van der Waals surface area contributed by atoms with Crippen LogP contribution in [-0.2, 0) is 10.0 Å². The summed E-state index contributed by atoms with van der Waals surface area (Å²) in [6.45, 7) is 6.47. The van der Waals surface area contributed by atoms with E-state index in [2.05, 4.69) is 43.4 Å². The molecule has 21 heavy (non-hydrogen) atoms. The van der Waals surface area contributed by atoms with Crippen molar-refractivity contribution in [2.24, 2.45) is 5.92 Å². The summed E-state index contributed by atoms with van der Waals surface area (Å²) in [6.07, 6.45) is 3.36. The minimum Gasteiger partial charge on any atom is -0.310 e. The Hall–Kier alpha value is -0.910. The van der Waals surface area contributed by atoms with E-state index in [0.29, 0.717) is 25.0 Å². The van der Waals surface area contributed by atoms with Gasteiger partial charge in [-0.1, -0.05) is 24.3 Å². The molecule has 5 heteroatoms. The Morgan fingerprint density at radius 2 is 2.10 bits per heavy atom. The molecule has 1 aromatic rings. The van der Waals surface area contributed by atoms with Gasteiger partial charge in [0.05, 0.1) is 6.26 Å². The van der Waals surface area contributed by atoms with Crippen molar-refractivity contribution in [1.82, 2.24) is 9.62 Å². The van der Waals surface area contributed by atoms with Gasteiger partial charge in [0.25, 0.3) is 0 Å². The first-order valence-corrected chi connectivity index (χ1v) is 9.47. The highest BCUT2D eigenvalue weighted by molar-refractivity contribution is 7.88. The van der Waals surface area contributed by atoms with Crippen LogP contribution >= 0.6 is 0 Å². The zero-order valence-corrected chi connectivity index (χ0v) is 14.0. The summed E-state index contributed by atoms with van der Waals surface area (Å²) in [4.78, 5) is 0. The van der Waals surface area contributed by atoms with E-state index in [1.165, 1.54) is 17.4 Å². The largest absolute Gasteiger partial charge is 0.310 e. The molecule has 1 N–H and O–H groups in total. The van der Waals surface area contributed by atoms with E-state index >= 15 is 0 Å². The van der Waals surface area contributed by atoms with E-state index in [0.717, 1.165) is 19.4 Å². The fourth-order valence-corrected chi connectivity index (χ4v) is 3.96. The summed E-state index contributed by atoms with van der Waals surface area (Å²) in [5, 5.41) is 3.56. The van der Waals surface area contributed by atoms with E-state index in [9.17, 15) is 8.42 Å². The quantitative estimate of drug-likeness (QED) is 0.908. The SMILES string of the molecule is Cc1ccccc1C(C)NCC1CCCN(S(C)(=O)=O)C1. The van der Waals surface area contributed by atoms with Gasteiger partial charge in [0.1, 0.15) is 0 Å². The van der Waals surface area contributed by atoms with E-state index in [4.69, 9.17) is 0 Å². The molecular weight excluding hydrogens is 284 g/mol. The van der Waals surface area contributed by atoms with Crippen molar-refractivity contribution in [2.45, 2.75) is 32.7 Å². The van der Waals surface area contributed by atoms with Gasteiger partial charge >= 0.3 is 0 Å². The molecule has 0 saturated carbocycles. The fraction of sp³-hybridized carbons (Fsp3) is 0.625. The molecule has 0 bridgehead atoms. The summed E-state index contributed by atoms with van der Waals surface area (Å²) < 4.78 is 24.9. The molecule has 1 aliphatic heterocycles. The molecule has 4 nitrogen and oxygen atoms in total. The van der Waals surface area contributed by atoms with Crippen LogP contribution in [0.1, 0.15) is 36.9 Å². The van der Waals surface area contributed by atoms with Crippen molar-refractivity contribution in [1.29, 1.82) is 0 Å². The van der Waals surface area contributed by atoms with Crippen molar-refractivity contribution in [3.05, 3.63) is 35.4 Å². The Morgan fingerprint density at radius 1 is 1.38 bits per heavy atom. The molecule has 1 fully saturated rings. The third kappa shape index (κ3) is 4.53. The number of nitrogens with zero attached hydrogens (tertiary/aromatic N) is 1. The molecule has 1 heterocycles. The van der Waals surface area contributed by atoms with Gasteiger partial charge in [-0.05, 0) is 50.3 Å². The van der Waals surface area contributed by atoms with Crippen LogP contribution in [0.2, 0.25) is 0 Å². The average molecular weight is 310 g/mol. The monoisotopic (exact) mass is 310 g/mol. The van der Waals surface area contributed by atoms with Gasteiger partial charge in [-0.3, -0.25) is 0 Å². The lowest BCUT2D eigenvalue weighted by molar-refractivity contribution is 0.257. The first kappa shape index (κ1) is 16.5. The predicted octanol–water partition coefficient (Wildman–Crippen LogP) is 2.32. The second-order valence-corrected chi connectivity index (χ2v) is 8.10. The molecule has 0 radical (unpaired) electrons. The number of nitrogens with one attached hydrogen (secondary N) is 1. The van der Waals surface area contributed by atoms with Gasteiger partial charge in [0.15, 0.2) is 0 Å². The molecule has 0 amide bonds. The van der Waals surface area contributed by atoms with Gasteiger partial charge in [0, 0.05) is 19.1 Å². The molecule has 0 spiro atoms. The number of hydrogen-bond donors (Lipinski definition) is 1. The van der Waals surface area contributed by atoms with E-state index in [-0.39, 0.29) is 0 Å². The van der Waals surface area contributed by atoms with Crippen LogP contribution in [0.3, 0.4) is 0 Å². The number of hydrogen-bond acceptors (Lipinski definition) is 3. The summed E-state index contributed by atoms with van der Waals surface area (Å²) in [7, 11) is -3.05. The highest BCUT2D eigenvalue weighted by Crippen LogP contribution is 2.21. The predicted molar refractivity (Wildman–Crippen MR) is 86.7 cm³/mol. The lowest BCUT2D eigenvalue weighted by atomic mass is 9.98. The molecule has 1 saturated heterocycles. The van der Waals surface area contributed by atoms with Gasteiger partial charge in [-0.15, -0.1) is 0 Å². The Morgan fingerprint density at radius 3 is 2.76 bits per heavy atom. The van der Waals surface area contributed by atoms with Crippen LogP contribution in [0, 0.1) is 12.8 Å². The maximum atomic E-state index is 11.6. The minimum absolute atomic E-state index is 0.291. The second kappa shape index (κ2) is 6.90. The Kier molecular flexibility index (Phi) is 5.41. The molecular formula is C16H26N2O2S. The molecule has 118 valence electrons. The van der Waals surface area contributed by atoms with E-state index in [1.807, 2.05) is 0 Å². The molecule has 0 aromatic heterocycles. The maximum Gasteiger partial charge on any atom is 0.211 e. The zero-order chi connectivity index (χ0) is 15.5. The van der Waals surface area contributed by atoms with E-state index in [1.54, 1.807) is 4.31 Å². The van der Waals surface area contributed by atoms with Crippen LogP contribution in [0.25, 0.3) is 0 Å². The Bertz CT molecular complexity index is 571. The highest BCUT2D eigenvalue weighted by Gasteiger charge is 2.25. The van der Waals surface area contributed by atoms with Crippen LogP contribution < -0.4 is 5.32 Å². The number of benzene rings is 1. The Balaban J connectivity index is 1.90. The third-order valence-electron chi connectivity index (χ3n) is 4.32. The van der Waals surface area contributed by atoms with Crippen molar-refractivity contribution >= 4 is 10.0 Å². The van der Waals surface area contributed by atoms with Gasteiger partial charge in [-0.2, -0.15) is 0 Å². The average Bonchev–Trinajstić information content (AvgIpc) is 2.45. The zero-order valence-electron chi connectivity index (χ0n) is 13.2. The topological polar surface area (TPSA) is 49.4 Å². The summed E-state index contributed by atoms with van der Waals surface area (Å²) in [5.74, 6) is 0.403. The smallest absolute Gasteiger partial charge is 0.211 e. The minimum atomic E-state index is -3.05. The van der Waals surface area contributed by atoms with E-state index < -0.39 is 10.0 Å². The molecule has 0 aliphatic carbocycles. The number of sulfonamides is 1. The van der Waals surface area contributed by atoms with Crippen molar-refractivity contribution < 1.29 is 8.42 Å². The molecule has 2 unspecified atom stereocenters. The normalized spacial score (nSPS) is 22.1. The van der Waals surface area contributed by atoms with Crippen LogP contribution in [0.15, 0.2) is 24.3 Å². The highest BCUT2D eigenvalue weighted by atomic mass is 32.2. The first-order chi connectivity index (χ1) is 9.88.